The van der Waals surface area contributed by atoms with Crippen molar-refractivity contribution < 1.29 is 44.4 Å². The number of aliphatic carboxylic acids is 3. The Morgan fingerprint density at radius 1 is 0.826 bits per heavy atom. The van der Waals surface area contributed by atoms with Gasteiger partial charge in [0.25, 0.3) is 0 Å². The van der Waals surface area contributed by atoms with E-state index in [-0.39, 0.29) is 0 Å². The summed E-state index contributed by atoms with van der Waals surface area (Å²) < 4.78 is 0. The summed E-state index contributed by atoms with van der Waals surface area (Å²) >= 11 is 0. The molecule has 12 heteroatoms. The molecule has 0 fully saturated rings. The van der Waals surface area contributed by atoms with Crippen LogP contribution in [0.3, 0.4) is 0 Å². The molecule has 0 aliphatic carbocycles. The summed E-state index contributed by atoms with van der Waals surface area (Å²) in [4.78, 5) is 55.0. The molecule has 23 heavy (non-hydrogen) atoms. The number of rotatable bonds is 10. The number of aliphatic hydroxyl groups is 1. The van der Waals surface area contributed by atoms with Gasteiger partial charge < -0.3 is 36.8 Å². The molecule has 130 valence electrons. The lowest BCUT2D eigenvalue weighted by Gasteiger charge is -2.20. The Hall–Kier alpha value is -2.73. The second-order valence-electron chi connectivity index (χ2n) is 4.45. The maximum atomic E-state index is 11.8. The van der Waals surface area contributed by atoms with Crippen LogP contribution in [0.4, 0.5) is 0 Å². The van der Waals surface area contributed by atoms with Gasteiger partial charge in [-0.3, -0.25) is 19.2 Å². The number of carboxylic acid groups (broad SMARTS) is 3. The summed E-state index contributed by atoms with van der Waals surface area (Å²) in [5.74, 6) is -6.66. The van der Waals surface area contributed by atoms with E-state index in [2.05, 4.69) is 0 Å². The molecule has 0 rings (SSSR count). The number of amides is 2. The van der Waals surface area contributed by atoms with Gasteiger partial charge in [-0.2, -0.15) is 0 Å². The number of hydrogen-bond donors (Lipinski definition) is 7. The molecule has 0 aromatic rings. The number of aliphatic hydroxyl groups excluding tert-OH is 1. The van der Waals surface area contributed by atoms with E-state index in [1.54, 1.807) is 0 Å². The predicted molar refractivity (Wildman–Crippen MR) is 71.1 cm³/mol. The van der Waals surface area contributed by atoms with Crippen LogP contribution in [0.5, 0.6) is 0 Å². The summed E-state index contributed by atoms with van der Waals surface area (Å²) in [6, 6.07) is -4.86. The molecule has 8 N–H and O–H groups in total. The fourth-order valence-electron chi connectivity index (χ4n) is 1.40. The topological polar surface area (TPSA) is 216 Å². The first-order valence-corrected chi connectivity index (χ1v) is 6.22. The van der Waals surface area contributed by atoms with Gasteiger partial charge in [0.2, 0.25) is 11.8 Å². The van der Waals surface area contributed by atoms with Gasteiger partial charge in [0.05, 0.1) is 25.5 Å². The Morgan fingerprint density at radius 2 is 1.30 bits per heavy atom. The van der Waals surface area contributed by atoms with Crippen LogP contribution < -0.4 is 16.4 Å². The molecule has 0 aliphatic rings. The molecule has 0 radical (unpaired) electrons. The third-order valence-corrected chi connectivity index (χ3v) is 2.54. The van der Waals surface area contributed by atoms with E-state index < -0.39 is 67.3 Å². The van der Waals surface area contributed by atoms with Crippen molar-refractivity contribution in [2.45, 2.75) is 31.0 Å². The molecule has 0 heterocycles. The zero-order valence-corrected chi connectivity index (χ0v) is 11.8. The molecule has 0 spiro atoms. The molecule has 2 amide bonds. The van der Waals surface area contributed by atoms with Gasteiger partial charge in [0, 0.05) is 0 Å². The van der Waals surface area contributed by atoms with Crippen molar-refractivity contribution in [1.29, 1.82) is 0 Å². The summed E-state index contributed by atoms with van der Waals surface area (Å²) in [5, 5.41) is 38.6. The first-order valence-electron chi connectivity index (χ1n) is 6.22. The van der Waals surface area contributed by atoms with Gasteiger partial charge in [0.1, 0.15) is 12.1 Å². The molecule has 0 unspecified atom stereocenters. The van der Waals surface area contributed by atoms with Crippen LogP contribution in [0, 0.1) is 0 Å². The lowest BCUT2D eigenvalue weighted by Crippen LogP contribution is -2.56. The largest absolute Gasteiger partial charge is 0.481 e. The molecule has 0 aliphatic heterocycles. The van der Waals surface area contributed by atoms with Crippen molar-refractivity contribution in [3.63, 3.8) is 0 Å². The van der Waals surface area contributed by atoms with E-state index in [1.807, 2.05) is 10.6 Å². The SMILES string of the molecule is N[C@@H](CC(=O)O)C(=O)N[C@@H](CO)C(=O)N[C@@H](CC(=O)O)C(=O)O. The molecule has 12 nitrogen and oxygen atoms in total. The van der Waals surface area contributed by atoms with Crippen LogP contribution >= 0.6 is 0 Å². The van der Waals surface area contributed by atoms with Crippen LogP contribution in [-0.4, -0.2) is 74.9 Å². The average Bonchev–Trinajstić information content (AvgIpc) is 2.41. The summed E-state index contributed by atoms with van der Waals surface area (Å²) in [6.07, 6.45) is -1.63. The quantitative estimate of drug-likeness (QED) is 0.207. The zero-order valence-electron chi connectivity index (χ0n) is 11.8. The van der Waals surface area contributed by atoms with Crippen molar-refractivity contribution in [1.82, 2.24) is 10.6 Å². The Balaban J connectivity index is 4.78. The van der Waals surface area contributed by atoms with E-state index >= 15 is 0 Å². The van der Waals surface area contributed by atoms with E-state index in [0.29, 0.717) is 0 Å². The van der Waals surface area contributed by atoms with Crippen LogP contribution in [0.1, 0.15) is 12.8 Å². The number of hydrogen-bond acceptors (Lipinski definition) is 7. The van der Waals surface area contributed by atoms with Gasteiger partial charge in [-0.1, -0.05) is 0 Å². The molecule has 0 aromatic heterocycles. The molecule has 0 bridgehead atoms. The van der Waals surface area contributed by atoms with E-state index in [4.69, 9.17) is 26.2 Å². The highest BCUT2D eigenvalue weighted by Crippen LogP contribution is 1.96. The standard InChI is InChI=1S/C11H17N3O9/c12-4(1-7(16)17)9(20)14-6(3-15)10(21)13-5(11(22)23)2-8(18)19/h4-6,15H,1-3,12H2,(H,13,21)(H,14,20)(H,16,17)(H,18,19)(H,22,23)/t4-,5-,6-/m0/s1. The predicted octanol–water partition coefficient (Wildman–Crippen LogP) is -3.69. The third-order valence-electron chi connectivity index (χ3n) is 2.54. The number of carboxylic acids is 3. The summed E-state index contributed by atoms with van der Waals surface area (Å²) in [5.41, 5.74) is 5.26. The van der Waals surface area contributed by atoms with Crippen LogP contribution in [-0.2, 0) is 24.0 Å². The number of carbonyl (C=O) groups is 5. The van der Waals surface area contributed by atoms with Crippen molar-refractivity contribution in [3.05, 3.63) is 0 Å². The lowest BCUT2D eigenvalue weighted by molar-refractivity contribution is -0.147. The van der Waals surface area contributed by atoms with Gasteiger partial charge in [-0.15, -0.1) is 0 Å². The Morgan fingerprint density at radius 3 is 1.70 bits per heavy atom. The summed E-state index contributed by atoms with van der Waals surface area (Å²) in [6.45, 7) is -0.934. The van der Waals surface area contributed by atoms with Crippen LogP contribution in [0.25, 0.3) is 0 Å². The number of nitrogens with two attached hydrogens (primary N) is 1. The van der Waals surface area contributed by atoms with E-state index in [1.165, 1.54) is 0 Å². The van der Waals surface area contributed by atoms with E-state index in [9.17, 15) is 24.0 Å². The van der Waals surface area contributed by atoms with Crippen molar-refractivity contribution >= 4 is 29.7 Å². The average molecular weight is 335 g/mol. The highest BCUT2D eigenvalue weighted by atomic mass is 16.4. The first kappa shape index (κ1) is 20.3. The van der Waals surface area contributed by atoms with Gasteiger partial charge in [0.15, 0.2) is 0 Å². The van der Waals surface area contributed by atoms with Crippen molar-refractivity contribution in [3.8, 4) is 0 Å². The van der Waals surface area contributed by atoms with Crippen molar-refractivity contribution in [2.24, 2.45) is 5.73 Å². The van der Waals surface area contributed by atoms with Crippen LogP contribution in [0.15, 0.2) is 0 Å². The second kappa shape index (κ2) is 9.32. The molecule has 0 aromatic carbocycles. The van der Waals surface area contributed by atoms with E-state index in [0.717, 1.165) is 0 Å². The highest BCUT2D eigenvalue weighted by molar-refractivity contribution is 5.93. The Labute approximate surface area is 129 Å². The molecule has 0 saturated carbocycles. The maximum absolute atomic E-state index is 11.8. The minimum absolute atomic E-state index is 0.720. The summed E-state index contributed by atoms with van der Waals surface area (Å²) in [7, 11) is 0. The Kier molecular flexibility index (Phi) is 8.21. The fourth-order valence-corrected chi connectivity index (χ4v) is 1.40. The monoisotopic (exact) mass is 335 g/mol. The number of carbonyl (C=O) groups excluding carboxylic acids is 2. The first-order chi connectivity index (χ1) is 10.6. The van der Waals surface area contributed by atoms with Crippen molar-refractivity contribution in [2.75, 3.05) is 6.61 Å². The third kappa shape index (κ3) is 7.73. The van der Waals surface area contributed by atoms with Gasteiger partial charge in [-0.25, -0.2) is 4.79 Å². The normalized spacial score (nSPS) is 14.2. The highest BCUT2D eigenvalue weighted by Gasteiger charge is 2.29. The lowest BCUT2D eigenvalue weighted by atomic mass is 10.1. The number of nitrogens with one attached hydrogen (secondary N) is 2. The Bertz CT molecular complexity index is 493. The van der Waals surface area contributed by atoms with Gasteiger partial charge in [-0.05, 0) is 0 Å². The zero-order chi connectivity index (χ0) is 18.2. The molecule has 3 atom stereocenters. The van der Waals surface area contributed by atoms with Crippen LogP contribution in [0.2, 0.25) is 0 Å². The minimum Gasteiger partial charge on any atom is -0.481 e. The fraction of sp³-hybridized carbons (Fsp3) is 0.545. The molecule has 0 saturated heterocycles. The molecular formula is C11H17N3O9. The van der Waals surface area contributed by atoms with Gasteiger partial charge >= 0.3 is 17.9 Å². The smallest absolute Gasteiger partial charge is 0.326 e. The minimum atomic E-state index is -1.77. The second-order valence-corrected chi connectivity index (χ2v) is 4.45. The molecular weight excluding hydrogens is 318 g/mol. The maximum Gasteiger partial charge on any atom is 0.326 e.